The largest absolute Gasteiger partial charge is 0.482 e. The van der Waals surface area contributed by atoms with Crippen molar-refractivity contribution in [1.29, 1.82) is 0 Å². The predicted octanol–water partition coefficient (Wildman–Crippen LogP) is 2.27. The zero-order valence-corrected chi connectivity index (χ0v) is 15.2. The van der Waals surface area contributed by atoms with E-state index in [2.05, 4.69) is 5.32 Å². The molecule has 0 aliphatic carbocycles. The Morgan fingerprint density at radius 1 is 1.04 bits per heavy atom. The number of amides is 1. The van der Waals surface area contributed by atoms with Crippen LogP contribution in [0.1, 0.15) is 16.7 Å². The molecule has 2 aromatic rings. The van der Waals surface area contributed by atoms with Gasteiger partial charge in [0.1, 0.15) is 5.75 Å². The Balaban J connectivity index is 1.37. The number of carbonyl (C=O) groups excluding carboxylic acids is 2. The molecule has 0 bridgehead atoms. The second-order valence-electron chi connectivity index (χ2n) is 6.18. The highest BCUT2D eigenvalue weighted by molar-refractivity contribution is 5.80. The van der Waals surface area contributed by atoms with Gasteiger partial charge in [-0.1, -0.05) is 23.8 Å². The molecule has 0 spiro atoms. The van der Waals surface area contributed by atoms with Gasteiger partial charge in [0.15, 0.2) is 24.7 Å². The number of benzene rings is 2. The summed E-state index contributed by atoms with van der Waals surface area (Å²) in [6, 6.07) is 11.1. The van der Waals surface area contributed by atoms with Crippen LogP contribution in [-0.2, 0) is 20.9 Å². The molecule has 2 aromatic carbocycles. The van der Waals surface area contributed by atoms with Crippen LogP contribution in [0.2, 0.25) is 0 Å². The predicted molar refractivity (Wildman–Crippen MR) is 96.8 cm³/mol. The molecule has 7 nitrogen and oxygen atoms in total. The van der Waals surface area contributed by atoms with Crippen molar-refractivity contribution in [3.63, 3.8) is 0 Å². The van der Waals surface area contributed by atoms with E-state index in [0.29, 0.717) is 23.8 Å². The molecular weight excluding hydrogens is 350 g/mol. The van der Waals surface area contributed by atoms with E-state index in [0.717, 1.165) is 16.7 Å². The molecule has 7 heteroatoms. The van der Waals surface area contributed by atoms with Crippen LogP contribution in [0.3, 0.4) is 0 Å². The third kappa shape index (κ3) is 5.13. The van der Waals surface area contributed by atoms with Gasteiger partial charge in [-0.3, -0.25) is 4.79 Å². The van der Waals surface area contributed by atoms with E-state index in [1.54, 1.807) is 18.2 Å². The Morgan fingerprint density at radius 2 is 1.85 bits per heavy atom. The van der Waals surface area contributed by atoms with E-state index in [4.69, 9.17) is 18.9 Å². The molecule has 0 saturated heterocycles. The minimum atomic E-state index is -0.604. The van der Waals surface area contributed by atoms with Crippen LogP contribution in [0.5, 0.6) is 17.2 Å². The Bertz CT molecular complexity index is 848. The maximum absolute atomic E-state index is 11.8. The van der Waals surface area contributed by atoms with E-state index in [9.17, 15) is 9.59 Å². The van der Waals surface area contributed by atoms with E-state index in [-0.39, 0.29) is 20.0 Å². The Labute approximate surface area is 157 Å². The first-order chi connectivity index (χ1) is 13.0. The SMILES string of the molecule is Cc1ccc(OCC(=O)OCC(=O)NCc2ccc3c(c2)OCO3)c(C)c1. The molecule has 27 heavy (non-hydrogen) atoms. The van der Waals surface area contributed by atoms with Crippen molar-refractivity contribution in [2.24, 2.45) is 0 Å². The van der Waals surface area contributed by atoms with Gasteiger partial charge in [-0.25, -0.2) is 4.79 Å². The molecule has 0 unspecified atom stereocenters. The number of carbonyl (C=O) groups is 2. The normalized spacial score (nSPS) is 11.8. The number of aryl methyl sites for hydroxylation is 2. The lowest BCUT2D eigenvalue weighted by atomic mass is 10.1. The summed E-state index contributed by atoms with van der Waals surface area (Å²) in [7, 11) is 0. The van der Waals surface area contributed by atoms with Crippen LogP contribution in [0.25, 0.3) is 0 Å². The molecule has 0 fully saturated rings. The van der Waals surface area contributed by atoms with E-state index in [1.807, 2.05) is 32.0 Å². The Kier molecular flexibility index (Phi) is 5.80. The summed E-state index contributed by atoms with van der Waals surface area (Å²) in [5.74, 6) is 0.949. The number of hydrogen-bond donors (Lipinski definition) is 1. The second-order valence-corrected chi connectivity index (χ2v) is 6.18. The summed E-state index contributed by atoms with van der Waals surface area (Å²) in [6.45, 7) is 3.76. The van der Waals surface area contributed by atoms with Gasteiger partial charge in [0.2, 0.25) is 6.79 Å². The Morgan fingerprint density at radius 3 is 2.67 bits per heavy atom. The number of hydrogen-bond acceptors (Lipinski definition) is 6. The first-order valence-corrected chi connectivity index (χ1v) is 8.52. The minimum absolute atomic E-state index is 0.200. The molecular formula is C20H21NO6. The van der Waals surface area contributed by atoms with E-state index in [1.165, 1.54) is 0 Å². The maximum Gasteiger partial charge on any atom is 0.344 e. The first kappa shape index (κ1) is 18.6. The number of nitrogens with one attached hydrogen (secondary N) is 1. The molecule has 1 aliphatic rings. The van der Waals surface area contributed by atoms with Crippen molar-refractivity contribution in [2.45, 2.75) is 20.4 Å². The van der Waals surface area contributed by atoms with Crippen LogP contribution in [0, 0.1) is 13.8 Å². The lowest BCUT2D eigenvalue weighted by molar-refractivity contribution is -0.150. The molecule has 1 N–H and O–H groups in total. The lowest BCUT2D eigenvalue weighted by Crippen LogP contribution is -2.29. The van der Waals surface area contributed by atoms with Crippen molar-refractivity contribution >= 4 is 11.9 Å². The fraction of sp³-hybridized carbons (Fsp3) is 0.300. The highest BCUT2D eigenvalue weighted by atomic mass is 16.7. The van der Waals surface area contributed by atoms with Crippen LogP contribution < -0.4 is 19.5 Å². The zero-order valence-electron chi connectivity index (χ0n) is 15.2. The van der Waals surface area contributed by atoms with Crippen molar-refractivity contribution in [2.75, 3.05) is 20.0 Å². The number of ether oxygens (including phenoxy) is 4. The average Bonchev–Trinajstić information content (AvgIpc) is 3.11. The highest BCUT2D eigenvalue weighted by Crippen LogP contribution is 2.32. The summed E-state index contributed by atoms with van der Waals surface area (Å²) in [5.41, 5.74) is 2.91. The minimum Gasteiger partial charge on any atom is -0.482 e. The molecule has 0 saturated carbocycles. The fourth-order valence-corrected chi connectivity index (χ4v) is 2.59. The van der Waals surface area contributed by atoms with Gasteiger partial charge >= 0.3 is 5.97 Å². The van der Waals surface area contributed by atoms with Crippen molar-refractivity contribution in [3.05, 3.63) is 53.1 Å². The quantitative estimate of drug-likeness (QED) is 0.752. The molecule has 1 aliphatic heterocycles. The molecule has 3 rings (SSSR count). The average molecular weight is 371 g/mol. The van der Waals surface area contributed by atoms with Crippen molar-refractivity contribution in [1.82, 2.24) is 5.32 Å². The summed E-state index contributed by atoms with van der Waals surface area (Å²) in [6.07, 6.45) is 0. The third-order valence-corrected chi connectivity index (χ3v) is 3.97. The summed E-state index contributed by atoms with van der Waals surface area (Å²) in [4.78, 5) is 23.6. The zero-order chi connectivity index (χ0) is 19.2. The standard InChI is InChI=1S/C20H21NO6/c1-13-3-5-16(14(2)7-13)24-11-20(23)25-10-19(22)21-9-15-4-6-17-18(8-15)27-12-26-17/h3-8H,9-12H2,1-2H3,(H,21,22). The van der Waals surface area contributed by atoms with Crippen molar-refractivity contribution in [3.8, 4) is 17.2 Å². The van der Waals surface area contributed by atoms with Gasteiger partial charge in [0.25, 0.3) is 5.91 Å². The van der Waals surface area contributed by atoms with Gasteiger partial charge in [-0.15, -0.1) is 0 Å². The summed E-state index contributed by atoms with van der Waals surface area (Å²) in [5, 5.41) is 2.68. The molecule has 1 heterocycles. The monoisotopic (exact) mass is 371 g/mol. The van der Waals surface area contributed by atoms with Crippen LogP contribution in [-0.4, -0.2) is 31.9 Å². The van der Waals surface area contributed by atoms with E-state index < -0.39 is 11.9 Å². The second kappa shape index (κ2) is 8.44. The van der Waals surface area contributed by atoms with Gasteiger partial charge in [-0.2, -0.15) is 0 Å². The molecule has 0 radical (unpaired) electrons. The first-order valence-electron chi connectivity index (χ1n) is 8.52. The molecule has 1 amide bonds. The van der Waals surface area contributed by atoms with Gasteiger partial charge in [-0.05, 0) is 43.2 Å². The Hall–Kier alpha value is -3.22. The smallest absolute Gasteiger partial charge is 0.344 e. The summed E-state index contributed by atoms with van der Waals surface area (Å²) < 4.78 is 20.9. The third-order valence-electron chi connectivity index (χ3n) is 3.97. The fourth-order valence-electron chi connectivity index (χ4n) is 2.59. The lowest BCUT2D eigenvalue weighted by Gasteiger charge is -2.10. The number of esters is 1. The van der Waals surface area contributed by atoms with Crippen molar-refractivity contribution < 1.29 is 28.5 Å². The number of fused-ring (bicyclic) bond motifs is 1. The van der Waals surface area contributed by atoms with Gasteiger partial charge in [0, 0.05) is 6.54 Å². The molecule has 142 valence electrons. The van der Waals surface area contributed by atoms with Crippen LogP contribution >= 0.6 is 0 Å². The van der Waals surface area contributed by atoms with Crippen LogP contribution in [0.15, 0.2) is 36.4 Å². The van der Waals surface area contributed by atoms with Gasteiger partial charge < -0.3 is 24.3 Å². The van der Waals surface area contributed by atoms with Gasteiger partial charge in [0.05, 0.1) is 0 Å². The van der Waals surface area contributed by atoms with Crippen LogP contribution in [0.4, 0.5) is 0 Å². The molecule has 0 atom stereocenters. The number of rotatable bonds is 7. The maximum atomic E-state index is 11.8. The molecule has 0 aromatic heterocycles. The van der Waals surface area contributed by atoms with E-state index >= 15 is 0 Å². The highest BCUT2D eigenvalue weighted by Gasteiger charge is 2.14. The topological polar surface area (TPSA) is 83.1 Å². The summed E-state index contributed by atoms with van der Waals surface area (Å²) >= 11 is 0.